The van der Waals surface area contributed by atoms with Crippen molar-refractivity contribution in [2.45, 2.75) is 0 Å². The van der Waals surface area contributed by atoms with Crippen LogP contribution in [0.3, 0.4) is 0 Å². The van der Waals surface area contributed by atoms with Crippen LogP contribution in [0.1, 0.15) is 0 Å². The van der Waals surface area contributed by atoms with Gasteiger partial charge in [0.25, 0.3) is 0 Å². The molecule has 8 aromatic rings. The molecule has 184 valence electrons. The molecule has 0 aliphatic rings. The Hall–Kier alpha value is -5.00. The molecule has 4 aromatic heterocycles. The topological polar surface area (TPSA) is 39.9 Å². The largest absolute Gasteiger partial charge is 0.439 e. The maximum atomic E-state index is 6.37. The van der Waals surface area contributed by atoms with Crippen molar-refractivity contribution in [2.24, 2.45) is 0 Å². The molecule has 39 heavy (non-hydrogen) atoms. The Morgan fingerprint density at radius 1 is 0.615 bits per heavy atom. The van der Waals surface area contributed by atoms with Gasteiger partial charge in [-0.15, -0.1) is 11.3 Å². The van der Waals surface area contributed by atoms with E-state index in [0.717, 1.165) is 39.2 Å². The number of rotatable bonds is 4. The number of hydrogen-bond donors (Lipinski definition) is 0. The molecular formula is C34H21N3OS. The van der Waals surface area contributed by atoms with Crippen LogP contribution in [0.25, 0.3) is 59.1 Å². The van der Waals surface area contributed by atoms with Crippen LogP contribution in [0, 0.1) is 0 Å². The third-order valence-corrected chi connectivity index (χ3v) is 8.37. The molecule has 5 heteroatoms. The summed E-state index contributed by atoms with van der Waals surface area (Å²) in [5.41, 5.74) is 4.16. The standard InChI is InChI=1S/C34H21N3OS/c1-3-14-29-23(9-1)24-19-18-22(21-30(24)37(29)32-16-5-6-20-35-32)38-33-17-8-13-28(36-33)27-12-7-11-26-25-10-2-4-15-31(25)39-34(26)27/h1-21H. The first-order chi connectivity index (χ1) is 19.3. The minimum absolute atomic E-state index is 0.561. The van der Waals surface area contributed by atoms with Crippen LogP contribution in [0.15, 0.2) is 128 Å². The highest BCUT2D eigenvalue weighted by Crippen LogP contribution is 2.40. The van der Waals surface area contributed by atoms with Gasteiger partial charge in [-0.25, -0.2) is 9.97 Å². The molecule has 4 heterocycles. The van der Waals surface area contributed by atoms with Crippen LogP contribution in [-0.2, 0) is 0 Å². The number of aromatic nitrogens is 3. The first kappa shape index (κ1) is 22.0. The highest BCUT2D eigenvalue weighted by molar-refractivity contribution is 7.26. The first-order valence-electron chi connectivity index (χ1n) is 12.8. The smallest absolute Gasteiger partial charge is 0.219 e. The van der Waals surface area contributed by atoms with E-state index >= 15 is 0 Å². The fraction of sp³-hybridized carbons (Fsp3) is 0. The van der Waals surface area contributed by atoms with Crippen LogP contribution in [0.4, 0.5) is 0 Å². The number of benzene rings is 4. The van der Waals surface area contributed by atoms with Gasteiger partial charge in [-0.2, -0.15) is 0 Å². The molecule has 0 fully saturated rings. The van der Waals surface area contributed by atoms with E-state index in [1.807, 2.05) is 48.7 Å². The number of pyridine rings is 2. The van der Waals surface area contributed by atoms with E-state index in [4.69, 9.17) is 9.72 Å². The predicted molar refractivity (Wildman–Crippen MR) is 161 cm³/mol. The van der Waals surface area contributed by atoms with Crippen LogP contribution in [0.2, 0.25) is 0 Å². The average Bonchev–Trinajstić information content (AvgIpc) is 3.53. The molecule has 0 amide bonds. The SMILES string of the molecule is c1ccc(-n2c3ccccc3c3ccc(Oc4cccc(-c5cccc6c5sc5ccccc56)n4)cc32)nc1. The van der Waals surface area contributed by atoms with E-state index < -0.39 is 0 Å². The third-order valence-electron chi connectivity index (χ3n) is 7.15. The van der Waals surface area contributed by atoms with Gasteiger partial charge < -0.3 is 4.74 Å². The monoisotopic (exact) mass is 519 g/mol. The Labute approximate surface area is 228 Å². The summed E-state index contributed by atoms with van der Waals surface area (Å²) in [7, 11) is 0. The molecule has 0 saturated heterocycles. The van der Waals surface area contributed by atoms with E-state index in [0.29, 0.717) is 5.88 Å². The van der Waals surface area contributed by atoms with Crippen molar-refractivity contribution in [3.63, 3.8) is 0 Å². The van der Waals surface area contributed by atoms with Crippen LogP contribution >= 0.6 is 11.3 Å². The normalized spacial score (nSPS) is 11.6. The molecule has 0 bridgehead atoms. The zero-order valence-electron chi connectivity index (χ0n) is 20.8. The first-order valence-corrected chi connectivity index (χ1v) is 13.7. The van der Waals surface area contributed by atoms with Crippen LogP contribution in [0.5, 0.6) is 11.6 Å². The summed E-state index contributed by atoms with van der Waals surface area (Å²) in [5.74, 6) is 2.16. The van der Waals surface area contributed by atoms with Crippen molar-refractivity contribution >= 4 is 53.3 Å². The summed E-state index contributed by atoms with van der Waals surface area (Å²) in [5, 5.41) is 4.88. The second-order valence-corrected chi connectivity index (χ2v) is 10.5. The zero-order chi connectivity index (χ0) is 25.8. The lowest BCUT2D eigenvalue weighted by Crippen LogP contribution is -1.96. The van der Waals surface area contributed by atoms with E-state index in [2.05, 4.69) is 88.4 Å². The van der Waals surface area contributed by atoms with Gasteiger partial charge in [-0.3, -0.25) is 4.57 Å². The summed E-state index contributed by atoms with van der Waals surface area (Å²) >= 11 is 1.81. The molecule has 0 unspecified atom stereocenters. The molecule has 0 aliphatic carbocycles. The maximum Gasteiger partial charge on any atom is 0.219 e. The van der Waals surface area contributed by atoms with Gasteiger partial charge in [0, 0.05) is 54.8 Å². The number of para-hydroxylation sites is 1. The van der Waals surface area contributed by atoms with E-state index in [9.17, 15) is 0 Å². The van der Waals surface area contributed by atoms with Gasteiger partial charge in [0.2, 0.25) is 5.88 Å². The summed E-state index contributed by atoms with van der Waals surface area (Å²) in [4.78, 5) is 9.56. The number of ether oxygens (including phenoxy) is 1. The molecule has 0 radical (unpaired) electrons. The van der Waals surface area contributed by atoms with E-state index in [-0.39, 0.29) is 0 Å². The van der Waals surface area contributed by atoms with E-state index in [1.54, 1.807) is 11.3 Å². The molecule has 0 saturated carbocycles. The Kier molecular flexibility index (Phi) is 4.96. The van der Waals surface area contributed by atoms with Gasteiger partial charge in [-0.1, -0.05) is 66.7 Å². The molecule has 8 rings (SSSR count). The van der Waals surface area contributed by atoms with Crippen molar-refractivity contribution in [2.75, 3.05) is 0 Å². The maximum absolute atomic E-state index is 6.37. The minimum Gasteiger partial charge on any atom is -0.439 e. The summed E-state index contributed by atoms with van der Waals surface area (Å²) in [6.07, 6.45) is 1.82. The Morgan fingerprint density at radius 3 is 2.33 bits per heavy atom. The minimum atomic E-state index is 0.561. The third kappa shape index (κ3) is 3.59. The van der Waals surface area contributed by atoms with Crippen molar-refractivity contribution in [3.8, 4) is 28.7 Å². The Bertz CT molecular complexity index is 2160. The second kappa shape index (κ2) is 8.79. The molecule has 0 atom stereocenters. The second-order valence-electron chi connectivity index (χ2n) is 9.46. The Morgan fingerprint density at radius 2 is 1.41 bits per heavy atom. The Balaban J connectivity index is 1.23. The fourth-order valence-electron chi connectivity index (χ4n) is 5.44. The lowest BCUT2D eigenvalue weighted by Gasteiger charge is -2.09. The number of hydrogen-bond acceptors (Lipinski definition) is 4. The van der Waals surface area contributed by atoms with Crippen molar-refractivity contribution in [3.05, 3.63) is 128 Å². The molecular weight excluding hydrogens is 498 g/mol. The molecule has 0 N–H and O–H groups in total. The highest BCUT2D eigenvalue weighted by Gasteiger charge is 2.15. The van der Waals surface area contributed by atoms with Crippen molar-refractivity contribution < 1.29 is 4.74 Å². The highest BCUT2D eigenvalue weighted by atomic mass is 32.1. The predicted octanol–water partition coefficient (Wildman–Crippen LogP) is 9.40. The van der Waals surface area contributed by atoms with Gasteiger partial charge in [-0.05, 0) is 42.5 Å². The van der Waals surface area contributed by atoms with Gasteiger partial charge in [0.15, 0.2) is 0 Å². The number of fused-ring (bicyclic) bond motifs is 6. The van der Waals surface area contributed by atoms with Gasteiger partial charge in [0.1, 0.15) is 11.6 Å². The van der Waals surface area contributed by atoms with Crippen LogP contribution < -0.4 is 4.74 Å². The molecule has 0 spiro atoms. The van der Waals surface area contributed by atoms with Gasteiger partial charge in [0.05, 0.1) is 16.7 Å². The average molecular weight is 520 g/mol. The lowest BCUT2D eigenvalue weighted by molar-refractivity contribution is 0.464. The lowest BCUT2D eigenvalue weighted by atomic mass is 10.1. The number of nitrogens with zero attached hydrogens (tertiary/aromatic N) is 3. The van der Waals surface area contributed by atoms with E-state index in [1.165, 1.54) is 25.6 Å². The molecule has 4 nitrogen and oxygen atoms in total. The fourth-order valence-corrected chi connectivity index (χ4v) is 6.66. The van der Waals surface area contributed by atoms with Crippen molar-refractivity contribution in [1.82, 2.24) is 14.5 Å². The summed E-state index contributed by atoms with van der Waals surface area (Å²) in [6.45, 7) is 0. The van der Waals surface area contributed by atoms with Crippen LogP contribution in [-0.4, -0.2) is 14.5 Å². The summed E-state index contributed by atoms with van der Waals surface area (Å²) < 4.78 is 11.1. The molecule has 4 aromatic carbocycles. The number of thiophene rings is 1. The zero-order valence-corrected chi connectivity index (χ0v) is 21.6. The van der Waals surface area contributed by atoms with Gasteiger partial charge >= 0.3 is 0 Å². The molecule has 0 aliphatic heterocycles. The summed E-state index contributed by atoms with van der Waals surface area (Å²) in [6, 6.07) is 41.5. The van der Waals surface area contributed by atoms with Crippen molar-refractivity contribution in [1.29, 1.82) is 0 Å². The quantitative estimate of drug-likeness (QED) is 0.232.